The van der Waals surface area contributed by atoms with Crippen LogP contribution in [-0.2, 0) is 21.8 Å². The maximum atomic E-state index is 13.3. The lowest BCUT2D eigenvalue weighted by Gasteiger charge is -2.35. The number of imidazole rings is 1. The number of fused-ring (bicyclic) bond motifs is 1. The van der Waals surface area contributed by atoms with Crippen molar-refractivity contribution in [3.05, 3.63) is 36.3 Å². The van der Waals surface area contributed by atoms with Gasteiger partial charge in [0.25, 0.3) is 15.9 Å². The molecular formula is C24H37N5O5S. The number of nitrogens with one attached hydrogen (secondary N) is 1. The number of anilines is 1. The molecule has 3 atom stereocenters. The number of hydrogen-bond donors (Lipinski definition) is 1. The van der Waals surface area contributed by atoms with Gasteiger partial charge in [-0.15, -0.1) is 0 Å². The molecule has 1 aliphatic rings. The van der Waals surface area contributed by atoms with Gasteiger partial charge in [-0.05, 0) is 37.9 Å². The molecular weight excluding hydrogens is 470 g/mol. The summed E-state index contributed by atoms with van der Waals surface area (Å²) in [7, 11) is 1.22. The van der Waals surface area contributed by atoms with Crippen molar-refractivity contribution in [2.45, 2.75) is 44.4 Å². The first-order chi connectivity index (χ1) is 16.6. The van der Waals surface area contributed by atoms with Gasteiger partial charge in [0.15, 0.2) is 5.03 Å². The quantitative estimate of drug-likeness (QED) is 0.640. The Morgan fingerprint density at radius 3 is 2.60 bits per heavy atom. The number of amides is 1. The molecule has 194 valence electrons. The summed E-state index contributed by atoms with van der Waals surface area (Å²) in [4.78, 5) is 21.2. The SMILES string of the molecule is CCCN1C[C@@H](C)[C@H](OC)CN(C)C(=O)c2ccc(NS(=O)(=O)c3cn(C)cn3)cc2OC[C@@H]1C. The third-order valence-corrected chi connectivity index (χ3v) is 7.56. The van der Waals surface area contributed by atoms with Crippen LogP contribution in [0.5, 0.6) is 5.75 Å². The number of benzene rings is 1. The van der Waals surface area contributed by atoms with Crippen molar-refractivity contribution < 1.29 is 22.7 Å². The van der Waals surface area contributed by atoms with Gasteiger partial charge >= 0.3 is 0 Å². The molecule has 10 nitrogen and oxygen atoms in total. The van der Waals surface area contributed by atoms with Gasteiger partial charge in [0.2, 0.25) is 0 Å². The molecule has 1 N–H and O–H groups in total. The van der Waals surface area contributed by atoms with E-state index in [2.05, 4.69) is 35.4 Å². The van der Waals surface area contributed by atoms with Gasteiger partial charge in [0.1, 0.15) is 12.4 Å². The number of likely N-dealkylation sites (N-methyl/N-ethyl adjacent to an activating group) is 1. The van der Waals surface area contributed by atoms with E-state index in [0.717, 1.165) is 19.5 Å². The Morgan fingerprint density at radius 2 is 1.97 bits per heavy atom. The molecule has 0 radical (unpaired) electrons. The molecule has 3 rings (SSSR count). The van der Waals surface area contributed by atoms with E-state index in [1.165, 1.54) is 12.5 Å². The molecule has 1 amide bonds. The number of rotatable bonds is 6. The van der Waals surface area contributed by atoms with E-state index in [1.54, 1.807) is 48.9 Å². The van der Waals surface area contributed by atoms with Crippen molar-refractivity contribution in [3.63, 3.8) is 0 Å². The zero-order valence-corrected chi connectivity index (χ0v) is 22.2. The molecule has 35 heavy (non-hydrogen) atoms. The van der Waals surface area contributed by atoms with E-state index in [9.17, 15) is 13.2 Å². The highest BCUT2D eigenvalue weighted by atomic mass is 32.2. The van der Waals surface area contributed by atoms with Crippen molar-refractivity contribution >= 4 is 21.6 Å². The Kier molecular flexibility index (Phi) is 8.79. The standard InChI is InChI=1S/C24H37N5O5S/c1-7-10-29-12-17(2)22(33-6)13-28(5)24(30)20-9-8-19(11-21(20)34-15-18(29)3)26-35(31,32)23-14-27(4)16-25-23/h8-9,11,14,16-18,22,26H,7,10,12-13,15H2,1-6H3/t17-,18+,22-/m1/s1. The summed E-state index contributed by atoms with van der Waals surface area (Å²) in [5, 5.41) is -0.0898. The van der Waals surface area contributed by atoms with E-state index in [1.807, 2.05) is 0 Å². The van der Waals surface area contributed by atoms with Crippen LogP contribution in [0.25, 0.3) is 0 Å². The molecule has 1 aromatic carbocycles. The molecule has 0 unspecified atom stereocenters. The number of aryl methyl sites for hydroxylation is 1. The van der Waals surface area contributed by atoms with Crippen LogP contribution >= 0.6 is 0 Å². The van der Waals surface area contributed by atoms with Crippen molar-refractivity contribution in [2.75, 3.05) is 45.1 Å². The highest BCUT2D eigenvalue weighted by molar-refractivity contribution is 7.92. The first-order valence-corrected chi connectivity index (χ1v) is 13.3. The van der Waals surface area contributed by atoms with Gasteiger partial charge in [-0.2, -0.15) is 8.42 Å². The van der Waals surface area contributed by atoms with Crippen LogP contribution in [0.2, 0.25) is 0 Å². The molecule has 0 saturated carbocycles. The Bertz CT molecular complexity index is 1120. The fourth-order valence-electron chi connectivity index (χ4n) is 4.24. The fourth-order valence-corrected chi connectivity index (χ4v) is 5.28. The second-order valence-corrected chi connectivity index (χ2v) is 10.9. The monoisotopic (exact) mass is 507 g/mol. The van der Waals surface area contributed by atoms with E-state index in [4.69, 9.17) is 9.47 Å². The Labute approximate surface area is 208 Å². The van der Waals surface area contributed by atoms with E-state index in [0.29, 0.717) is 30.2 Å². The van der Waals surface area contributed by atoms with E-state index >= 15 is 0 Å². The number of sulfonamides is 1. The Balaban J connectivity index is 1.95. The molecule has 0 aliphatic carbocycles. The minimum atomic E-state index is -3.88. The van der Waals surface area contributed by atoms with Gasteiger partial charge in [-0.3, -0.25) is 14.4 Å². The number of hydrogen-bond acceptors (Lipinski definition) is 7. The molecule has 2 heterocycles. The predicted molar refractivity (Wildman–Crippen MR) is 134 cm³/mol. The smallest absolute Gasteiger partial charge is 0.280 e. The maximum absolute atomic E-state index is 13.3. The highest BCUT2D eigenvalue weighted by Crippen LogP contribution is 2.28. The molecule has 1 aromatic heterocycles. The lowest BCUT2D eigenvalue weighted by atomic mass is 10.0. The number of carbonyl (C=O) groups is 1. The van der Waals surface area contributed by atoms with Crippen molar-refractivity contribution in [1.29, 1.82) is 0 Å². The number of methoxy groups -OCH3 is 1. The number of aromatic nitrogens is 2. The number of carbonyl (C=O) groups excluding carboxylic acids is 1. The Morgan fingerprint density at radius 1 is 1.23 bits per heavy atom. The average Bonchev–Trinajstić information content (AvgIpc) is 3.26. The van der Waals surface area contributed by atoms with Crippen LogP contribution in [0.1, 0.15) is 37.6 Å². The normalized spacial score (nSPS) is 22.6. The van der Waals surface area contributed by atoms with Crippen molar-refractivity contribution in [2.24, 2.45) is 13.0 Å². The molecule has 0 saturated heterocycles. The van der Waals surface area contributed by atoms with Crippen LogP contribution in [0.15, 0.2) is 35.7 Å². The summed E-state index contributed by atoms with van der Waals surface area (Å²) < 4.78 is 41.5. The van der Waals surface area contributed by atoms with Crippen LogP contribution < -0.4 is 9.46 Å². The zero-order valence-electron chi connectivity index (χ0n) is 21.4. The largest absolute Gasteiger partial charge is 0.491 e. The Hall–Kier alpha value is -2.63. The minimum absolute atomic E-state index is 0.0869. The summed E-state index contributed by atoms with van der Waals surface area (Å²) >= 11 is 0. The number of nitrogens with zero attached hydrogens (tertiary/aromatic N) is 4. The van der Waals surface area contributed by atoms with Gasteiger partial charge < -0.3 is 18.9 Å². The van der Waals surface area contributed by atoms with Crippen LogP contribution in [0, 0.1) is 5.92 Å². The zero-order chi connectivity index (χ0) is 25.8. The van der Waals surface area contributed by atoms with Crippen LogP contribution in [0.4, 0.5) is 5.69 Å². The lowest BCUT2D eigenvalue weighted by molar-refractivity contribution is 0.0108. The lowest BCUT2D eigenvalue weighted by Crippen LogP contribution is -2.46. The van der Waals surface area contributed by atoms with Crippen LogP contribution in [-0.4, -0.2) is 86.2 Å². The third-order valence-electron chi connectivity index (χ3n) is 6.30. The van der Waals surface area contributed by atoms with Crippen molar-refractivity contribution in [3.8, 4) is 5.75 Å². The summed E-state index contributed by atoms with van der Waals surface area (Å²) in [5.41, 5.74) is 0.656. The van der Waals surface area contributed by atoms with E-state index < -0.39 is 10.0 Å². The highest BCUT2D eigenvalue weighted by Gasteiger charge is 2.28. The van der Waals surface area contributed by atoms with E-state index in [-0.39, 0.29) is 29.0 Å². The topological polar surface area (TPSA) is 106 Å². The first-order valence-electron chi connectivity index (χ1n) is 11.9. The van der Waals surface area contributed by atoms with Gasteiger partial charge in [-0.1, -0.05) is 13.8 Å². The van der Waals surface area contributed by atoms with Gasteiger partial charge in [0, 0.05) is 52.6 Å². The predicted octanol–water partition coefficient (Wildman–Crippen LogP) is 2.44. The summed E-state index contributed by atoms with van der Waals surface area (Å²) in [5.74, 6) is 0.326. The summed E-state index contributed by atoms with van der Waals surface area (Å²) in [6.07, 6.45) is 3.72. The second-order valence-electron chi connectivity index (χ2n) is 9.29. The third kappa shape index (κ3) is 6.53. The molecule has 0 bridgehead atoms. The van der Waals surface area contributed by atoms with Crippen LogP contribution in [0.3, 0.4) is 0 Å². The molecule has 0 spiro atoms. The summed E-state index contributed by atoms with van der Waals surface area (Å²) in [6.45, 7) is 8.89. The van der Waals surface area contributed by atoms with Gasteiger partial charge in [0.05, 0.1) is 23.7 Å². The second kappa shape index (κ2) is 11.4. The average molecular weight is 508 g/mol. The summed E-state index contributed by atoms with van der Waals surface area (Å²) in [6, 6.07) is 4.80. The molecule has 1 aliphatic heterocycles. The minimum Gasteiger partial charge on any atom is -0.491 e. The molecule has 11 heteroatoms. The first kappa shape index (κ1) is 27.0. The molecule has 0 fully saturated rings. The van der Waals surface area contributed by atoms with Gasteiger partial charge in [-0.25, -0.2) is 4.98 Å². The maximum Gasteiger partial charge on any atom is 0.280 e. The molecule has 2 aromatic rings. The number of ether oxygens (including phenoxy) is 2. The van der Waals surface area contributed by atoms with Crippen molar-refractivity contribution in [1.82, 2.24) is 19.4 Å². The fraction of sp³-hybridized carbons (Fsp3) is 0.583.